The van der Waals surface area contributed by atoms with Crippen molar-refractivity contribution in [2.24, 2.45) is 0 Å². The minimum absolute atomic E-state index is 0.149. The molecule has 208 valence electrons. The topological polar surface area (TPSA) is 89.0 Å². The van der Waals surface area contributed by atoms with E-state index in [1.807, 2.05) is 66.7 Å². The van der Waals surface area contributed by atoms with Gasteiger partial charge in [0.1, 0.15) is 17.5 Å². The molecule has 0 aliphatic carbocycles. The van der Waals surface area contributed by atoms with E-state index in [4.69, 9.17) is 9.47 Å². The van der Waals surface area contributed by atoms with Crippen LogP contribution in [-0.4, -0.2) is 55.3 Å². The Hall–Kier alpha value is -4.47. The predicted octanol–water partition coefficient (Wildman–Crippen LogP) is 5.61. The number of aromatic nitrogens is 1. The number of ether oxygens (including phenoxy) is 2. The summed E-state index contributed by atoms with van der Waals surface area (Å²) in [6.07, 6.45) is 2.11. The highest BCUT2D eigenvalue weighted by Crippen LogP contribution is 2.32. The van der Waals surface area contributed by atoms with E-state index in [-0.39, 0.29) is 10.8 Å². The molecule has 1 aliphatic rings. The molecule has 1 atom stereocenters. The second-order valence-corrected chi connectivity index (χ2v) is 12.0. The van der Waals surface area contributed by atoms with Crippen LogP contribution >= 0.6 is 0 Å². The lowest BCUT2D eigenvalue weighted by atomic mass is 10.1. The fourth-order valence-electron chi connectivity index (χ4n) is 5.30. The summed E-state index contributed by atoms with van der Waals surface area (Å²) >= 11 is 0. The maximum absolute atomic E-state index is 13.8. The molecule has 0 saturated carbocycles. The zero-order valence-electron chi connectivity index (χ0n) is 22.7. The van der Waals surface area contributed by atoms with E-state index < -0.39 is 16.1 Å². The number of likely N-dealkylation sites (N-methyl/N-ethyl adjacent to an activating group) is 1. The molecule has 8 nitrogen and oxygen atoms in total. The number of sulfonamides is 1. The normalized spacial score (nSPS) is 15.6. The number of nitrogens with zero attached hydrogens (tertiary/aromatic N) is 3. The lowest BCUT2D eigenvalue weighted by Crippen LogP contribution is -2.42. The van der Waals surface area contributed by atoms with Gasteiger partial charge in [-0.25, -0.2) is 13.4 Å². The van der Waals surface area contributed by atoms with Crippen molar-refractivity contribution in [1.29, 1.82) is 0 Å². The molecule has 1 aliphatic heterocycles. The minimum atomic E-state index is -3.96. The van der Waals surface area contributed by atoms with E-state index >= 15 is 0 Å². The Morgan fingerprint density at radius 1 is 0.902 bits per heavy atom. The van der Waals surface area contributed by atoms with Crippen molar-refractivity contribution >= 4 is 37.5 Å². The number of likely N-dealkylation sites (tertiary alicyclic amines) is 1. The van der Waals surface area contributed by atoms with Crippen LogP contribution in [0.5, 0.6) is 17.4 Å². The number of methoxy groups -OCH3 is 1. The minimum Gasteiger partial charge on any atom is -0.497 e. The molecule has 1 aromatic heterocycles. The molecule has 1 saturated heterocycles. The number of rotatable bonds is 8. The van der Waals surface area contributed by atoms with Crippen LogP contribution in [0.25, 0.3) is 21.5 Å². The maximum atomic E-state index is 13.8. The van der Waals surface area contributed by atoms with Gasteiger partial charge in [0.2, 0.25) is 21.8 Å². The van der Waals surface area contributed by atoms with Crippen molar-refractivity contribution in [3.05, 3.63) is 103 Å². The molecule has 1 fully saturated rings. The number of benzene rings is 4. The number of fused-ring (bicyclic) bond motifs is 2. The van der Waals surface area contributed by atoms with Crippen LogP contribution in [-0.2, 0) is 21.4 Å². The average molecular weight is 568 g/mol. The quantitative estimate of drug-likeness (QED) is 0.242. The van der Waals surface area contributed by atoms with Crippen molar-refractivity contribution in [2.45, 2.75) is 23.9 Å². The molecule has 6 rings (SSSR count). The Balaban J connectivity index is 1.23. The van der Waals surface area contributed by atoms with Crippen LogP contribution in [0.3, 0.4) is 0 Å². The third-order valence-corrected chi connectivity index (χ3v) is 9.46. The lowest BCUT2D eigenvalue weighted by Gasteiger charge is -2.24. The van der Waals surface area contributed by atoms with Gasteiger partial charge in [-0.1, -0.05) is 48.5 Å². The molecule has 1 unspecified atom stereocenters. The number of amides is 1. The standard InChI is InChI=1S/C32H29N3O5S/c1-34(41(37,38)30-10-6-7-23-13-14-26(39-2)20-27(23)30)29-16-18-35(32(29)36)21-22-11-12-24-15-17-33-31(28(24)19-22)40-25-8-4-3-5-9-25/h3-15,17,19-20,29H,16,18,21H2,1-2H3. The number of hydrogen-bond acceptors (Lipinski definition) is 6. The highest BCUT2D eigenvalue weighted by molar-refractivity contribution is 7.89. The van der Waals surface area contributed by atoms with E-state index in [0.717, 1.165) is 21.7 Å². The van der Waals surface area contributed by atoms with Crippen molar-refractivity contribution in [1.82, 2.24) is 14.2 Å². The Labute approximate surface area is 238 Å². The fourth-order valence-corrected chi connectivity index (χ4v) is 6.85. The average Bonchev–Trinajstić information content (AvgIpc) is 3.36. The monoisotopic (exact) mass is 567 g/mol. The largest absolute Gasteiger partial charge is 0.497 e. The number of pyridine rings is 1. The van der Waals surface area contributed by atoms with Crippen LogP contribution in [0, 0.1) is 0 Å². The molecule has 0 spiro atoms. The molecule has 0 radical (unpaired) electrons. The molecule has 2 heterocycles. The Bertz CT molecular complexity index is 1860. The molecular weight excluding hydrogens is 538 g/mol. The van der Waals surface area contributed by atoms with E-state index in [0.29, 0.717) is 42.3 Å². The van der Waals surface area contributed by atoms with Crippen LogP contribution < -0.4 is 9.47 Å². The molecule has 5 aromatic rings. The van der Waals surface area contributed by atoms with Gasteiger partial charge < -0.3 is 14.4 Å². The first kappa shape index (κ1) is 26.7. The highest BCUT2D eigenvalue weighted by atomic mass is 32.2. The van der Waals surface area contributed by atoms with Crippen molar-refractivity contribution in [3.8, 4) is 17.4 Å². The molecule has 9 heteroatoms. The van der Waals surface area contributed by atoms with Crippen LogP contribution in [0.15, 0.2) is 102 Å². The Kier molecular flexibility index (Phi) is 7.07. The smallest absolute Gasteiger partial charge is 0.244 e. The third kappa shape index (κ3) is 5.10. The number of carbonyl (C=O) groups is 1. The summed E-state index contributed by atoms with van der Waals surface area (Å²) in [5.41, 5.74) is 0.907. The summed E-state index contributed by atoms with van der Waals surface area (Å²) < 4.78 is 40.1. The Morgan fingerprint density at radius 2 is 1.68 bits per heavy atom. The van der Waals surface area contributed by atoms with Gasteiger partial charge in [0, 0.05) is 37.1 Å². The van der Waals surface area contributed by atoms with Crippen LogP contribution in [0.1, 0.15) is 12.0 Å². The second kappa shape index (κ2) is 10.8. The molecular formula is C32H29N3O5S. The van der Waals surface area contributed by atoms with Gasteiger partial charge >= 0.3 is 0 Å². The van der Waals surface area contributed by atoms with Gasteiger partial charge in [0.15, 0.2) is 0 Å². The van der Waals surface area contributed by atoms with E-state index in [1.165, 1.54) is 11.4 Å². The van der Waals surface area contributed by atoms with Gasteiger partial charge in [-0.15, -0.1) is 0 Å². The summed E-state index contributed by atoms with van der Waals surface area (Å²) in [6.45, 7) is 0.801. The van der Waals surface area contributed by atoms with Gasteiger partial charge in [0.05, 0.1) is 12.0 Å². The maximum Gasteiger partial charge on any atom is 0.244 e. The summed E-state index contributed by atoms with van der Waals surface area (Å²) in [7, 11) is -0.939. The van der Waals surface area contributed by atoms with Crippen molar-refractivity contribution in [3.63, 3.8) is 0 Å². The molecule has 4 aromatic carbocycles. The fraction of sp³-hybridized carbons (Fsp3) is 0.188. The number of hydrogen-bond donors (Lipinski definition) is 0. The highest BCUT2D eigenvalue weighted by Gasteiger charge is 2.40. The second-order valence-electron chi connectivity index (χ2n) is 10.0. The number of para-hydroxylation sites is 1. The molecule has 41 heavy (non-hydrogen) atoms. The van der Waals surface area contributed by atoms with Gasteiger partial charge in [-0.2, -0.15) is 4.31 Å². The van der Waals surface area contributed by atoms with Gasteiger partial charge in [-0.3, -0.25) is 4.79 Å². The van der Waals surface area contributed by atoms with E-state index in [2.05, 4.69) is 4.98 Å². The zero-order chi connectivity index (χ0) is 28.6. The summed E-state index contributed by atoms with van der Waals surface area (Å²) in [4.78, 5) is 19.8. The SMILES string of the molecule is COc1ccc2cccc(S(=O)(=O)N(C)C3CCN(Cc4ccc5ccnc(Oc6ccccc6)c5c4)C3=O)c2c1. The molecule has 0 bridgehead atoms. The van der Waals surface area contributed by atoms with Crippen LogP contribution in [0.4, 0.5) is 0 Å². The van der Waals surface area contributed by atoms with Crippen molar-refractivity contribution < 1.29 is 22.7 Å². The Morgan fingerprint density at radius 3 is 2.49 bits per heavy atom. The first-order valence-electron chi connectivity index (χ1n) is 13.3. The summed E-state index contributed by atoms with van der Waals surface area (Å²) in [6, 6.07) is 27.0. The molecule has 1 amide bonds. The zero-order valence-corrected chi connectivity index (χ0v) is 23.5. The third-order valence-electron chi connectivity index (χ3n) is 7.54. The number of carbonyl (C=O) groups excluding carboxylic acids is 1. The van der Waals surface area contributed by atoms with Crippen molar-refractivity contribution in [2.75, 3.05) is 20.7 Å². The summed E-state index contributed by atoms with van der Waals surface area (Å²) in [5.74, 6) is 1.51. The lowest BCUT2D eigenvalue weighted by molar-refractivity contribution is -0.131. The van der Waals surface area contributed by atoms with E-state index in [9.17, 15) is 13.2 Å². The van der Waals surface area contributed by atoms with Crippen LogP contribution in [0.2, 0.25) is 0 Å². The van der Waals surface area contributed by atoms with Gasteiger partial charge in [0.25, 0.3) is 0 Å². The first-order valence-corrected chi connectivity index (χ1v) is 14.7. The predicted molar refractivity (Wildman–Crippen MR) is 158 cm³/mol. The summed E-state index contributed by atoms with van der Waals surface area (Å²) in [5, 5.41) is 3.14. The van der Waals surface area contributed by atoms with Gasteiger partial charge in [-0.05, 0) is 65.2 Å². The first-order chi connectivity index (χ1) is 19.8. The molecule has 0 N–H and O–H groups in total. The van der Waals surface area contributed by atoms with E-state index in [1.54, 1.807) is 42.5 Å².